The van der Waals surface area contributed by atoms with E-state index in [1.807, 2.05) is 13.8 Å². The largest absolute Gasteiger partial charge is 0.390 e. The standard InChI is InChI=1S/C16H31NO3/c1-15(2)13(14(18)16(3,4)20-15)10-17(5)8-9-19-11-12-6-7-12/h12-14,18H,6-11H2,1-5H3. The molecule has 2 aliphatic rings. The van der Waals surface area contributed by atoms with Crippen LogP contribution in [0, 0.1) is 11.8 Å². The van der Waals surface area contributed by atoms with Crippen molar-refractivity contribution in [2.24, 2.45) is 11.8 Å². The van der Waals surface area contributed by atoms with E-state index in [0.717, 1.165) is 32.2 Å². The summed E-state index contributed by atoms with van der Waals surface area (Å²) in [4.78, 5) is 2.24. The molecule has 20 heavy (non-hydrogen) atoms. The number of hydrogen-bond acceptors (Lipinski definition) is 4. The lowest BCUT2D eigenvalue weighted by atomic mass is 9.84. The van der Waals surface area contributed by atoms with Crippen LogP contribution in [0.2, 0.25) is 0 Å². The first kappa shape index (κ1) is 16.2. The minimum absolute atomic E-state index is 0.130. The van der Waals surface area contributed by atoms with E-state index in [1.165, 1.54) is 12.8 Å². The number of nitrogens with zero attached hydrogens (tertiary/aromatic N) is 1. The molecule has 118 valence electrons. The summed E-state index contributed by atoms with van der Waals surface area (Å²) < 4.78 is 11.7. The molecular formula is C16H31NO3. The van der Waals surface area contributed by atoms with Crippen LogP contribution in [-0.2, 0) is 9.47 Å². The Morgan fingerprint density at radius 3 is 2.35 bits per heavy atom. The van der Waals surface area contributed by atoms with Crippen molar-refractivity contribution in [3.63, 3.8) is 0 Å². The number of aliphatic hydroxyl groups excluding tert-OH is 1. The molecule has 1 aliphatic carbocycles. The van der Waals surface area contributed by atoms with Gasteiger partial charge in [-0.3, -0.25) is 0 Å². The molecule has 0 radical (unpaired) electrons. The topological polar surface area (TPSA) is 41.9 Å². The third-order valence-corrected chi connectivity index (χ3v) is 4.69. The van der Waals surface area contributed by atoms with E-state index in [4.69, 9.17) is 9.47 Å². The zero-order valence-electron chi connectivity index (χ0n) is 13.7. The minimum Gasteiger partial charge on any atom is -0.390 e. The lowest BCUT2D eigenvalue weighted by Gasteiger charge is -2.30. The molecule has 1 saturated heterocycles. The molecule has 0 aromatic carbocycles. The fourth-order valence-corrected chi connectivity index (χ4v) is 3.18. The average molecular weight is 285 g/mol. The lowest BCUT2D eigenvalue weighted by molar-refractivity contribution is -0.0913. The van der Waals surface area contributed by atoms with Gasteiger partial charge in [0.25, 0.3) is 0 Å². The van der Waals surface area contributed by atoms with Crippen LogP contribution in [0.1, 0.15) is 40.5 Å². The molecule has 2 atom stereocenters. The molecule has 4 nitrogen and oxygen atoms in total. The average Bonchev–Trinajstić information content (AvgIpc) is 3.10. The Hall–Kier alpha value is -0.160. The summed E-state index contributed by atoms with van der Waals surface area (Å²) in [5.74, 6) is 0.955. The first-order chi connectivity index (χ1) is 9.22. The fourth-order valence-electron chi connectivity index (χ4n) is 3.18. The maximum atomic E-state index is 10.5. The summed E-state index contributed by atoms with van der Waals surface area (Å²) in [7, 11) is 2.09. The summed E-state index contributed by atoms with van der Waals surface area (Å²) in [6, 6.07) is 0. The highest BCUT2D eigenvalue weighted by Gasteiger charge is 2.53. The molecule has 1 saturated carbocycles. The molecule has 0 bridgehead atoms. The first-order valence-corrected chi connectivity index (χ1v) is 7.87. The number of ether oxygens (including phenoxy) is 2. The van der Waals surface area contributed by atoms with Crippen molar-refractivity contribution in [1.29, 1.82) is 0 Å². The Labute approximate surface area is 123 Å². The highest BCUT2D eigenvalue weighted by molar-refractivity contribution is 5.02. The van der Waals surface area contributed by atoms with E-state index >= 15 is 0 Å². The van der Waals surface area contributed by atoms with Crippen LogP contribution in [-0.4, -0.2) is 60.7 Å². The van der Waals surface area contributed by atoms with Crippen LogP contribution in [0.15, 0.2) is 0 Å². The number of aliphatic hydroxyl groups is 1. The molecule has 2 rings (SSSR count). The molecule has 0 aromatic heterocycles. The predicted molar refractivity (Wildman–Crippen MR) is 79.8 cm³/mol. The number of rotatable bonds is 7. The molecule has 0 amide bonds. The molecule has 4 heteroatoms. The van der Waals surface area contributed by atoms with E-state index in [-0.39, 0.29) is 11.5 Å². The van der Waals surface area contributed by atoms with Crippen molar-refractivity contribution in [1.82, 2.24) is 4.90 Å². The summed E-state index contributed by atoms with van der Waals surface area (Å²) in [5.41, 5.74) is -0.747. The molecule has 2 unspecified atom stereocenters. The number of likely N-dealkylation sites (N-methyl/N-ethyl adjacent to an activating group) is 1. The summed E-state index contributed by atoms with van der Waals surface area (Å²) in [6.07, 6.45) is 2.25. The van der Waals surface area contributed by atoms with Crippen LogP contribution >= 0.6 is 0 Å². The van der Waals surface area contributed by atoms with E-state index in [0.29, 0.717) is 0 Å². The zero-order valence-corrected chi connectivity index (χ0v) is 13.7. The van der Waals surface area contributed by atoms with Crippen LogP contribution in [0.25, 0.3) is 0 Å². The van der Waals surface area contributed by atoms with Gasteiger partial charge in [-0.05, 0) is 53.5 Å². The quantitative estimate of drug-likeness (QED) is 0.726. The van der Waals surface area contributed by atoms with Gasteiger partial charge in [-0.2, -0.15) is 0 Å². The third kappa shape index (κ3) is 3.94. The maximum Gasteiger partial charge on any atom is 0.0896 e. The second-order valence-corrected chi connectivity index (χ2v) is 7.64. The molecule has 0 aromatic rings. The SMILES string of the molecule is CN(CCOCC1CC1)CC1C(O)C(C)(C)OC1(C)C. The van der Waals surface area contributed by atoms with Crippen LogP contribution in [0.3, 0.4) is 0 Å². The smallest absolute Gasteiger partial charge is 0.0896 e. The van der Waals surface area contributed by atoms with Crippen LogP contribution in [0.4, 0.5) is 0 Å². The zero-order chi connectivity index (χ0) is 15.0. The van der Waals surface area contributed by atoms with Crippen molar-refractivity contribution in [2.45, 2.75) is 57.8 Å². The summed E-state index contributed by atoms with van der Waals surface area (Å²) in [5, 5.41) is 10.5. The van der Waals surface area contributed by atoms with Gasteiger partial charge < -0.3 is 19.5 Å². The molecule has 1 heterocycles. The summed E-state index contributed by atoms with van der Waals surface area (Å²) >= 11 is 0. The normalized spacial score (nSPS) is 31.9. The van der Waals surface area contributed by atoms with Crippen molar-refractivity contribution >= 4 is 0 Å². The van der Waals surface area contributed by atoms with Gasteiger partial charge in [-0.1, -0.05) is 0 Å². The van der Waals surface area contributed by atoms with E-state index in [9.17, 15) is 5.11 Å². The molecule has 1 aliphatic heterocycles. The highest BCUT2D eigenvalue weighted by atomic mass is 16.5. The van der Waals surface area contributed by atoms with Crippen LogP contribution in [0.5, 0.6) is 0 Å². The van der Waals surface area contributed by atoms with Gasteiger partial charge in [-0.15, -0.1) is 0 Å². The molecular weight excluding hydrogens is 254 g/mol. The predicted octanol–water partition coefficient (Wildman–Crippen LogP) is 1.91. The van der Waals surface area contributed by atoms with Gasteiger partial charge in [0.2, 0.25) is 0 Å². The van der Waals surface area contributed by atoms with Crippen molar-refractivity contribution in [3.05, 3.63) is 0 Å². The second kappa shape index (κ2) is 5.91. The van der Waals surface area contributed by atoms with Gasteiger partial charge in [0.1, 0.15) is 0 Å². The summed E-state index contributed by atoms with van der Waals surface area (Å²) in [6.45, 7) is 11.5. The molecule has 2 fully saturated rings. The minimum atomic E-state index is -0.461. The van der Waals surface area contributed by atoms with Gasteiger partial charge >= 0.3 is 0 Å². The Kier molecular flexibility index (Phi) is 4.80. The van der Waals surface area contributed by atoms with Crippen molar-refractivity contribution in [3.8, 4) is 0 Å². The first-order valence-electron chi connectivity index (χ1n) is 7.87. The Bertz CT molecular complexity index is 326. The van der Waals surface area contributed by atoms with Gasteiger partial charge in [0, 0.05) is 25.6 Å². The fraction of sp³-hybridized carbons (Fsp3) is 1.00. The highest BCUT2D eigenvalue weighted by Crippen LogP contribution is 2.42. The van der Waals surface area contributed by atoms with Crippen molar-refractivity contribution < 1.29 is 14.6 Å². The number of hydrogen-bond donors (Lipinski definition) is 1. The van der Waals surface area contributed by atoms with Gasteiger partial charge in [0.05, 0.1) is 23.9 Å². The monoisotopic (exact) mass is 285 g/mol. The second-order valence-electron chi connectivity index (χ2n) is 7.64. The van der Waals surface area contributed by atoms with Gasteiger partial charge in [0.15, 0.2) is 0 Å². The lowest BCUT2D eigenvalue weighted by Crippen LogP contribution is -2.43. The van der Waals surface area contributed by atoms with E-state index in [2.05, 4.69) is 25.8 Å². The molecule has 1 N–H and O–H groups in total. The Morgan fingerprint density at radius 2 is 1.85 bits per heavy atom. The van der Waals surface area contributed by atoms with E-state index < -0.39 is 11.7 Å². The third-order valence-electron chi connectivity index (χ3n) is 4.69. The van der Waals surface area contributed by atoms with Crippen LogP contribution < -0.4 is 0 Å². The Morgan fingerprint density at radius 1 is 1.20 bits per heavy atom. The maximum absolute atomic E-state index is 10.5. The van der Waals surface area contributed by atoms with Crippen molar-refractivity contribution in [2.75, 3.05) is 33.4 Å². The molecule has 0 spiro atoms. The Balaban J connectivity index is 1.75. The van der Waals surface area contributed by atoms with Gasteiger partial charge in [-0.25, -0.2) is 0 Å². The van der Waals surface area contributed by atoms with E-state index in [1.54, 1.807) is 0 Å².